The Hall–Kier alpha value is -0.990. The zero-order chi connectivity index (χ0) is 14.8. The monoisotopic (exact) mass is 364 g/mol. The van der Waals surface area contributed by atoms with Crippen LogP contribution >= 0.6 is 15.9 Å². The van der Waals surface area contributed by atoms with Crippen LogP contribution < -0.4 is 5.32 Å². The number of halogens is 2. The Balaban J connectivity index is 1.88. The Labute approximate surface area is 125 Å². The fourth-order valence-electron chi connectivity index (χ4n) is 1.98. The SMILES string of the molecule is O=C(NCCN1CCCS1(=O)=O)c1ccc(Br)c(F)c1. The summed E-state index contributed by atoms with van der Waals surface area (Å²) in [7, 11) is -3.15. The summed E-state index contributed by atoms with van der Waals surface area (Å²) in [5.41, 5.74) is 0.204. The average Bonchev–Trinajstić information content (AvgIpc) is 2.72. The predicted molar refractivity (Wildman–Crippen MR) is 76.4 cm³/mol. The largest absolute Gasteiger partial charge is 0.351 e. The lowest BCUT2D eigenvalue weighted by Crippen LogP contribution is -2.35. The lowest BCUT2D eigenvalue weighted by molar-refractivity contribution is 0.0951. The summed E-state index contributed by atoms with van der Waals surface area (Å²) in [6.45, 7) is 0.938. The molecule has 8 heteroatoms. The third-order valence-corrected chi connectivity index (χ3v) is 5.63. The molecule has 0 radical (unpaired) electrons. The van der Waals surface area contributed by atoms with Crippen LogP contribution in [-0.2, 0) is 10.0 Å². The van der Waals surface area contributed by atoms with Crippen molar-refractivity contribution < 1.29 is 17.6 Å². The minimum absolute atomic E-state index is 0.166. The number of carbonyl (C=O) groups is 1. The quantitative estimate of drug-likeness (QED) is 0.876. The maximum Gasteiger partial charge on any atom is 0.251 e. The van der Waals surface area contributed by atoms with Gasteiger partial charge >= 0.3 is 0 Å². The van der Waals surface area contributed by atoms with Gasteiger partial charge in [-0.05, 0) is 40.5 Å². The number of hydrogen-bond acceptors (Lipinski definition) is 3. The van der Waals surface area contributed by atoms with Crippen molar-refractivity contribution in [2.75, 3.05) is 25.4 Å². The highest BCUT2D eigenvalue weighted by Gasteiger charge is 2.27. The van der Waals surface area contributed by atoms with Crippen LogP contribution in [0.3, 0.4) is 0 Å². The topological polar surface area (TPSA) is 66.5 Å². The van der Waals surface area contributed by atoms with Gasteiger partial charge in [0.15, 0.2) is 0 Å². The lowest BCUT2D eigenvalue weighted by atomic mass is 10.2. The van der Waals surface area contributed by atoms with Crippen LogP contribution in [0.15, 0.2) is 22.7 Å². The van der Waals surface area contributed by atoms with E-state index in [4.69, 9.17) is 0 Å². The first kappa shape index (κ1) is 15.4. The number of sulfonamides is 1. The van der Waals surface area contributed by atoms with Crippen molar-refractivity contribution in [1.82, 2.24) is 9.62 Å². The number of nitrogens with zero attached hydrogens (tertiary/aromatic N) is 1. The van der Waals surface area contributed by atoms with Gasteiger partial charge in [-0.2, -0.15) is 0 Å². The van der Waals surface area contributed by atoms with Crippen molar-refractivity contribution in [1.29, 1.82) is 0 Å². The smallest absolute Gasteiger partial charge is 0.251 e. The van der Waals surface area contributed by atoms with Crippen LogP contribution in [0.2, 0.25) is 0 Å². The third kappa shape index (κ3) is 3.56. The summed E-state index contributed by atoms with van der Waals surface area (Å²) < 4.78 is 38.0. The second kappa shape index (κ2) is 6.19. The molecule has 20 heavy (non-hydrogen) atoms. The van der Waals surface area contributed by atoms with E-state index >= 15 is 0 Å². The molecule has 2 rings (SSSR count). The molecular formula is C12H14BrFN2O3S. The number of amides is 1. The number of rotatable bonds is 4. The molecule has 0 spiro atoms. The molecule has 1 saturated heterocycles. The van der Waals surface area contributed by atoms with Gasteiger partial charge in [-0.15, -0.1) is 0 Å². The maximum absolute atomic E-state index is 13.3. The van der Waals surface area contributed by atoms with E-state index in [-0.39, 0.29) is 28.9 Å². The maximum atomic E-state index is 13.3. The van der Waals surface area contributed by atoms with Crippen molar-refractivity contribution in [3.63, 3.8) is 0 Å². The van der Waals surface area contributed by atoms with Gasteiger partial charge in [-0.3, -0.25) is 4.79 Å². The molecule has 0 unspecified atom stereocenters. The van der Waals surface area contributed by atoms with E-state index in [0.717, 1.165) is 6.07 Å². The number of hydrogen-bond donors (Lipinski definition) is 1. The molecule has 0 bridgehead atoms. The molecule has 1 amide bonds. The molecule has 1 aliphatic heterocycles. The molecule has 1 aromatic carbocycles. The molecule has 0 aromatic heterocycles. The fourth-order valence-corrected chi connectivity index (χ4v) is 3.75. The lowest BCUT2D eigenvalue weighted by Gasteiger charge is -2.14. The second-order valence-electron chi connectivity index (χ2n) is 4.45. The first-order chi connectivity index (χ1) is 9.40. The van der Waals surface area contributed by atoms with Crippen molar-refractivity contribution in [2.45, 2.75) is 6.42 Å². The van der Waals surface area contributed by atoms with E-state index in [2.05, 4.69) is 21.2 Å². The van der Waals surface area contributed by atoms with E-state index in [9.17, 15) is 17.6 Å². The Bertz CT molecular complexity index is 621. The molecule has 0 saturated carbocycles. The Morgan fingerprint density at radius 3 is 2.80 bits per heavy atom. The number of carbonyl (C=O) groups excluding carboxylic acids is 1. The molecule has 0 aliphatic carbocycles. The molecule has 1 aromatic rings. The minimum Gasteiger partial charge on any atom is -0.351 e. The molecule has 1 aliphatic rings. The van der Waals surface area contributed by atoms with Gasteiger partial charge in [0.05, 0.1) is 10.2 Å². The Morgan fingerprint density at radius 1 is 1.45 bits per heavy atom. The van der Waals surface area contributed by atoms with Gasteiger partial charge in [-0.25, -0.2) is 17.1 Å². The summed E-state index contributed by atoms with van der Waals surface area (Å²) in [5, 5.41) is 2.58. The summed E-state index contributed by atoms with van der Waals surface area (Å²) in [4.78, 5) is 11.8. The van der Waals surface area contributed by atoms with Gasteiger partial charge < -0.3 is 5.32 Å². The van der Waals surface area contributed by atoms with Crippen molar-refractivity contribution in [3.05, 3.63) is 34.1 Å². The van der Waals surface area contributed by atoms with E-state index in [1.165, 1.54) is 16.4 Å². The Kier molecular flexibility index (Phi) is 4.77. The standard InChI is InChI=1S/C12H14BrFN2O3S/c13-10-3-2-9(8-11(10)14)12(17)15-4-6-16-5-1-7-20(16,18)19/h2-3,8H,1,4-7H2,(H,15,17). The van der Waals surface area contributed by atoms with E-state index < -0.39 is 21.7 Å². The number of nitrogens with one attached hydrogen (secondary N) is 1. The van der Waals surface area contributed by atoms with Crippen LogP contribution in [0.1, 0.15) is 16.8 Å². The van der Waals surface area contributed by atoms with Crippen LogP contribution in [0.4, 0.5) is 4.39 Å². The molecule has 5 nitrogen and oxygen atoms in total. The van der Waals surface area contributed by atoms with Crippen molar-refractivity contribution in [3.8, 4) is 0 Å². The summed E-state index contributed by atoms with van der Waals surface area (Å²) in [6, 6.07) is 4.08. The molecule has 0 atom stereocenters. The molecule has 1 N–H and O–H groups in total. The third-order valence-electron chi connectivity index (χ3n) is 3.03. The van der Waals surface area contributed by atoms with Crippen LogP contribution in [0, 0.1) is 5.82 Å². The van der Waals surface area contributed by atoms with E-state index in [0.29, 0.717) is 13.0 Å². The van der Waals surface area contributed by atoms with Gasteiger partial charge in [0.2, 0.25) is 10.0 Å². The predicted octanol–water partition coefficient (Wildman–Crippen LogP) is 1.35. The van der Waals surface area contributed by atoms with E-state index in [1.807, 2.05) is 0 Å². The van der Waals surface area contributed by atoms with Gasteiger partial charge in [0.1, 0.15) is 5.82 Å². The van der Waals surface area contributed by atoms with Gasteiger partial charge in [0, 0.05) is 25.2 Å². The summed E-state index contributed by atoms with van der Waals surface area (Å²) >= 11 is 3.01. The highest BCUT2D eigenvalue weighted by molar-refractivity contribution is 9.10. The fraction of sp³-hybridized carbons (Fsp3) is 0.417. The number of benzene rings is 1. The average molecular weight is 365 g/mol. The molecular weight excluding hydrogens is 351 g/mol. The van der Waals surface area contributed by atoms with Gasteiger partial charge in [0.25, 0.3) is 5.91 Å². The first-order valence-electron chi connectivity index (χ1n) is 6.11. The Morgan fingerprint density at radius 2 is 2.20 bits per heavy atom. The highest BCUT2D eigenvalue weighted by atomic mass is 79.9. The van der Waals surface area contributed by atoms with Gasteiger partial charge in [-0.1, -0.05) is 0 Å². The highest BCUT2D eigenvalue weighted by Crippen LogP contribution is 2.16. The zero-order valence-electron chi connectivity index (χ0n) is 10.6. The first-order valence-corrected chi connectivity index (χ1v) is 8.51. The van der Waals surface area contributed by atoms with Crippen molar-refractivity contribution >= 4 is 31.9 Å². The minimum atomic E-state index is -3.15. The molecule has 1 heterocycles. The normalized spacial score (nSPS) is 18.1. The second-order valence-corrected chi connectivity index (χ2v) is 7.40. The van der Waals surface area contributed by atoms with Crippen molar-refractivity contribution in [2.24, 2.45) is 0 Å². The van der Waals surface area contributed by atoms with Crippen LogP contribution in [-0.4, -0.2) is 44.0 Å². The molecule has 1 fully saturated rings. The zero-order valence-corrected chi connectivity index (χ0v) is 13.0. The van der Waals surface area contributed by atoms with E-state index in [1.54, 1.807) is 0 Å². The summed E-state index contributed by atoms with van der Waals surface area (Å²) in [6.07, 6.45) is 0.619. The summed E-state index contributed by atoms with van der Waals surface area (Å²) in [5.74, 6) is -0.772. The van der Waals surface area contributed by atoms with Crippen LogP contribution in [0.25, 0.3) is 0 Å². The van der Waals surface area contributed by atoms with Crippen LogP contribution in [0.5, 0.6) is 0 Å². The molecule has 110 valence electrons.